The number of pyridine rings is 1. The highest BCUT2D eigenvalue weighted by Crippen LogP contribution is 2.44. The lowest BCUT2D eigenvalue weighted by molar-refractivity contribution is -0.731. The normalized spacial score (nSPS) is 14.1. The summed E-state index contributed by atoms with van der Waals surface area (Å²) in [6.45, 7) is 0. The van der Waals surface area contributed by atoms with Gasteiger partial charge in [0.15, 0.2) is 23.2 Å². The number of thiazole rings is 1. The molecule has 2 aliphatic rings. The van der Waals surface area contributed by atoms with E-state index in [-0.39, 0.29) is 51.8 Å². The minimum absolute atomic E-state index is 0. The number of aromatic nitrogens is 2. The Labute approximate surface area is 519 Å². The van der Waals surface area contributed by atoms with Gasteiger partial charge in [-0.15, -0.1) is 34.9 Å². The van der Waals surface area contributed by atoms with Crippen LogP contribution in [0.4, 0.5) is 5.13 Å². The van der Waals surface area contributed by atoms with Gasteiger partial charge in [0, 0.05) is 56.2 Å². The number of hydrogen-bond donors (Lipinski definition) is 2. The second-order valence-electron chi connectivity index (χ2n) is 19.6. The maximum absolute atomic E-state index is 15.0. The number of rotatable bonds is 20. The number of oxime groups is 1. The molecule has 0 aliphatic carbocycles. The predicted octanol–water partition coefficient (Wildman–Crippen LogP) is 7.57. The van der Waals surface area contributed by atoms with Gasteiger partial charge in [-0.1, -0.05) is 217 Å². The maximum Gasteiger partial charge on any atom is 0.388 e. The molecule has 0 spiro atoms. The lowest BCUT2D eigenvalue weighted by Crippen LogP contribution is -3.00. The Hall–Kier alpha value is -9.14. The van der Waals surface area contributed by atoms with E-state index in [0.29, 0.717) is 38.7 Å². The van der Waals surface area contributed by atoms with Crippen LogP contribution in [0.1, 0.15) is 51.1 Å². The maximum atomic E-state index is 15.0. The lowest BCUT2D eigenvalue weighted by atomic mass is 9.77. The molecule has 9 aromatic rings. The third-order valence-electron chi connectivity index (χ3n) is 14.8. The van der Waals surface area contributed by atoms with Gasteiger partial charge in [-0.2, -0.15) is 10.0 Å². The van der Waals surface area contributed by atoms with E-state index in [0.717, 1.165) is 21.6 Å². The van der Waals surface area contributed by atoms with Crippen molar-refractivity contribution >= 4 is 75.4 Å². The first-order chi connectivity index (χ1) is 41.6. The van der Waals surface area contributed by atoms with Gasteiger partial charge in [0.2, 0.25) is 5.91 Å². The molecule has 1 saturated heterocycles. The number of hydrogen-bond acceptors (Lipinski definition) is 15. The van der Waals surface area contributed by atoms with E-state index in [1.807, 2.05) is 181 Å². The Balaban J connectivity index is 0.00000820. The molecule has 86 heavy (non-hydrogen) atoms. The average Bonchev–Trinajstić information content (AvgIpc) is 2.57. The van der Waals surface area contributed by atoms with Crippen molar-refractivity contribution in [1.82, 2.24) is 15.4 Å². The molecule has 7 aromatic carbocycles. The van der Waals surface area contributed by atoms with Crippen LogP contribution in [0.3, 0.4) is 0 Å². The number of anilines is 1. The van der Waals surface area contributed by atoms with Gasteiger partial charge in [-0.3, -0.25) is 14.5 Å². The van der Waals surface area contributed by atoms with E-state index in [9.17, 15) is 24.0 Å². The summed E-state index contributed by atoms with van der Waals surface area (Å²) in [6, 6.07) is 69.5. The molecule has 19 heteroatoms. The fraction of sp³-hybridized carbons (Fsp3) is 0.134. The number of fused-ring (bicyclic) bond motifs is 1. The first-order valence-corrected chi connectivity index (χ1v) is 29.9. The molecule has 2 aliphatic heterocycles. The number of thioether (sulfide) groups is 2. The van der Waals surface area contributed by atoms with Gasteiger partial charge in [0.1, 0.15) is 16.9 Å². The zero-order valence-corrected chi connectivity index (χ0v) is 50.4. The van der Waals surface area contributed by atoms with E-state index < -0.39 is 46.2 Å². The first-order valence-electron chi connectivity index (χ1n) is 27.0. The smallest absolute Gasteiger partial charge is 0.388 e. The molecular weight excluding hydrogens is 1210 g/mol. The van der Waals surface area contributed by atoms with Gasteiger partial charge in [0.05, 0.1) is 26.0 Å². The molecule has 4 heterocycles. The number of methoxy groups -OCH3 is 2. The summed E-state index contributed by atoms with van der Waals surface area (Å²) in [5.41, 5.74) is 2.77. The van der Waals surface area contributed by atoms with Crippen molar-refractivity contribution in [3.63, 3.8) is 0 Å². The molecule has 2 N–H and O–H groups in total. The van der Waals surface area contributed by atoms with E-state index in [1.165, 1.54) is 54.0 Å². The van der Waals surface area contributed by atoms with Crippen LogP contribution in [0.2, 0.25) is 0 Å². The van der Waals surface area contributed by atoms with Crippen molar-refractivity contribution in [1.29, 1.82) is 0 Å². The van der Waals surface area contributed by atoms with Gasteiger partial charge in [-0.25, -0.2) is 19.4 Å². The summed E-state index contributed by atoms with van der Waals surface area (Å²) in [6.07, 6.45) is 3.85. The average molecular weight is 1260 g/mol. The standard InChI is InChI=1S/C67H54N6O9S3.BrH/c1-79-62(77)66(50-30-16-6-17-31-50,51-32-18-7-19-33-51)72-40-38-54(39-41-72)83-43-46-44-84-57-42-56(74)73(57)59(46)61(76)81-71-60(75)58(70-82-67(63(78)80-2,52-34-20-8-21-35-52)53-36-22-9-23-37-53)55-45-85-64(68-55)69-65(47-24-10-3-11-25-47,48-26-12-4-13-27-48)49-28-14-5-15-29-49;/h3-41,45,57H,42-44H2,1-2H3,(H-,68,69,71,75);1H/b70-58-;/t57-;/m1./s1. The number of carbonyl (C=O) groups excluding carboxylic acids is 5. The number of β-lactam (4-membered cyclic amide) rings is 1. The number of nitrogens with zero attached hydrogens (tertiary/aromatic N) is 4. The van der Waals surface area contributed by atoms with Crippen LogP contribution in [0.5, 0.6) is 0 Å². The Morgan fingerprint density at radius 2 is 1.09 bits per heavy atom. The highest BCUT2D eigenvalue weighted by molar-refractivity contribution is 8.01. The van der Waals surface area contributed by atoms with Crippen LogP contribution in [0, 0.1) is 0 Å². The summed E-state index contributed by atoms with van der Waals surface area (Å²) in [5, 5.41) is 9.86. The Morgan fingerprint density at radius 1 is 0.640 bits per heavy atom. The summed E-state index contributed by atoms with van der Waals surface area (Å²) in [5.74, 6) is -3.01. The van der Waals surface area contributed by atoms with Gasteiger partial charge in [0.25, 0.3) is 5.60 Å². The molecule has 0 unspecified atom stereocenters. The quantitative estimate of drug-likeness (QED) is 0.0112. The van der Waals surface area contributed by atoms with E-state index in [1.54, 1.807) is 66.0 Å². The first kappa shape index (κ1) is 60.0. The molecule has 1 fully saturated rings. The SMILES string of the molecule is COC(=O)C(O/N=C(\C(=O)NOC(=O)C1=C(CSc2cc[n+](C(C(=O)OC)(c3ccccc3)c3ccccc3)cc2)CS[C@@H]2CC(=O)N12)c1csc(NC(c2ccccc2)(c2ccccc2)c2ccccc2)n1)(c1ccccc1)c1ccccc1.[Br-]. The molecule has 15 nitrogen and oxygen atoms in total. The number of esters is 2. The Morgan fingerprint density at radius 3 is 1.55 bits per heavy atom. The minimum Gasteiger partial charge on any atom is -1.00 e. The Kier molecular flexibility index (Phi) is 18.7. The van der Waals surface area contributed by atoms with Crippen LogP contribution in [0.15, 0.2) is 264 Å². The number of nitrogens with one attached hydrogen (secondary N) is 2. The number of carbonyl (C=O) groups is 5. The highest BCUT2D eigenvalue weighted by atomic mass is 79.9. The fourth-order valence-corrected chi connectivity index (χ4v) is 13.8. The van der Waals surface area contributed by atoms with Crippen molar-refractivity contribution in [2.24, 2.45) is 5.16 Å². The topological polar surface area (TPSA) is 179 Å². The third-order valence-corrected chi connectivity index (χ3v) is 17.9. The number of hydroxylamine groups is 1. The van der Waals surface area contributed by atoms with Crippen LogP contribution < -0.4 is 32.3 Å². The zero-order valence-electron chi connectivity index (χ0n) is 46.4. The van der Waals surface area contributed by atoms with Crippen molar-refractivity contribution < 1.29 is 64.7 Å². The second-order valence-corrected chi connectivity index (χ2v) is 22.7. The summed E-state index contributed by atoms with van der Waals surface area (Å²) in [7, 11) is 2.59. The molecule has 0 radical (unpaired) electrons. The third kappa shape index (κ3) is 11.6. The molecule has 11 rings (SSSR count). The zero-order chi connectivity index (χ0) is 58.8. The molecule has 0 bridgehead atoms. The summed E-state index contributed by atoms with van der Waals surface area (Å²) < 4.78 is 12.7. The molecule has 2 amide bonds. The van der Waals surface area contributed by atoms with Gasteiger partial charge in [-0.05, 0) is 22.3 Å². The van der Waals surface area contributed by atoms with Crippen molar-refractivity contribution in [3.05, 3.63) is 298 Å². The molecule has 432 valence electrons. The van der Waals surface area contributed by atoms with Crippen LogP contribution in [0.25, 0.3) is 0 Å². The van der Waals surface area contributed by atoms with Crippen molar-refractivity contribution in [2.45, 2.75) is 33.4 Å². The van der Waals surface area contributed by atoms with E-state index in [4.69, 9.17) is 24.1 Å². The number of ether oxygens (including phenoxy) is 2. The Bertz CT molecular complexity index is 3730. The lowest BCUT2D eigenvalue weighted by Gasteiger charge is -2.44. The molecule has 0 saturated carbocycles. The fourth-order valence-electron chi connectivity index (χ4n) is 10.7. The summed E-state index contributed by atoms with van der Waals surface area (Å²) in [4.78, 5) is 90.6. The predicted molar refractivity (Wildman–Crippen MR) is 326 cm³/mol. The van der Waals surface area contributed by atoms with E-state index >= 15 is 0 Å². The van der Waals surface area contributed by atoms with Crippen molar-refractivity contribution in [2.75, 3.05) is 31.0 Å². The van der Waals surface area contributed by atoms with Gasteiger partial charge >= 0.3 is 29.4 Å². The number of benzene rings is 7. The van der Waals surface area contributed by atoms with Gasteiger partial charge < -0.3 is 41.4 Å². The molecular formula is C67H55BrN6O9S3. The van der Waals surface area contributed by atoms with Crippen LogP contribution in [-0.2, 0) is 59.8 Å². The number of halogens is 1. The second kappa shape index (κ2) is 26.8. The van der Waals surface area contributed by atoms with Crippen molar-refractivity contribution in [3.8, 4) is 0 Å². The largest absolute Gasteiger partial charge is 1.00 e. The van der Waals surface area contributed by atoms with E-state index in [2.05, 4.69) is 16.0 Å². The number of amides is 2. The monoisotopic (exact) mass is 1260 g/mol. The minimum atomic E-state index is -2.06. The highest BCUT2D eigenvalue weighted by Gasteiger charge is 2.53. The molecule has 1 atom stereocenters. The molecule has 2 aromatic heterocycles. The van der Waals surface area contributed by atoms with Crippen LogP contribution >= 0.6 is 34.9 Å². The van der Waals surface area contributed by atoms with Crippen LogP contribution in [-0.4, -0.2) is 76.4 Å². The summed E-state index contributed by atoms with van der Waals surface area (Å²) >= 11 is 4.13.